The summed E-state index contributed by atoms with van der Waals surface area (Å²) in [5.74, 6) is 0.0207. The van der Waals surface area contributed by atoms with Crippen molar-refractivity contribution in [2.24, 2.45) is 4.99 Å². The van der Waals surface area contributed by atoms with Gasteiger partial charge in [0, 0.05) is 28.5 Å². The Bertz CT molecular complexity index is 1300. The lowest BCUT2D eigenvalue weighted by molar-refractivity contribution is -0.122. The molecule has 0 radical (unpaired) electrons. The molecule has 0 aliphatic carbocycles. The number of aryl methyl sites for hydroxylation is 1. The fraction of sp³-hybridized carbons (Fsp3) is 0.120. The van der Waals surface area contributed by atoms with Gasteiger partial charge in [-0.05, 0) is 72.0 Å². The molecular formula is C25H21N3OS2. The highest BCUT2D eigenvalue weighted by Gasteiger charge is 2.33. The molecule has 1 aliphatic rings. The van der Waals surface area contributed by atoms with Crippen molar-refractivity contribution in [2.75, 3.05) is 6.54 Å². The molecule has 5 rings (SSSR count). The molecule has 2 aromatic carbocycles. The van der Waals surface area contributed by atoms with Crippen molar-refractivity contribution in [1.29, 1.82) is 0 Å². The van der Waals surface area contributed by atoms with Crippen molar-refractivity contribution in [2.45, 2.75) is 13.3 Å². The second-order valence-corrected chi connectivity index (χ2v) is 9.33. The number of carbonyl (C=O) groups excluding carboxylic acids is 1. The lowest BCUT2D eigenvalue weighted by Crippen LogP contribution is -2.31. The highest BCUT2D eigenvalue weighted by atomic mass is 32.2. The molecule has 0 bridgehead atoms. The first-order valence-corrected chi connectivity index (χ1v) is 11.8. The van der Waals surface area contributed by atoms with E-state index in [-0.39, 0.29) is 5.91 Å². The van der Waals surface area contributed by atoms with Crippen molar-refractivity contribution in [1.82, 2.24) is 9.88 Å². The Morgan fingerprint density at radius 2 is 1.87 bits per heavy atom. The number of nitrogens with one attached hydrogen (secondary N) is 1. The Labute approximate surface area is 189 Å². The maximum Gasteiger partial charge on any atom is 0.266 e. The summed E-state index contributed by atoms with van der Waals surface area (Å²) in [6.45, 7) is 2.65. The summed E-state index contributed by atoms with van der Waals surface area (Å²) in [6.07, 6.45) is 4.80. The smallest absolute Gasteiger partial charge is 0.266 e. The van der Waals surface area contributed by atoms with E-state index >= 15 is 0 Å². The third kappa shape index (κ3) is 4.09. The molecule has 0 atom stereocenters. The number of aromatic nitrogens is 1. The van der Waals surface area contributed by atoms with E-state index in [2.05, 4.69) is 35.5 Å². The van der Waals surface area contributed by atoms with Gasteiger partial charge in [-0.3, -0.25) is 9.69 Å². The number of nitrogens with zero attached hydrogens (tertiary/aromatic N) is 2. The number of benzene rings is 2. The Morgan fingerprint density at radius 3 is 2.68 bits per heavy atom. The van der Waals surface area contributed by atoms with E-state index in [1.54, 1.807) is 11.3 Å². The second-order valence-electron chi connectivity index (χ2n) is 7.37. The average Bonchev–Trinajstić information content (AvgIpc) is 3.47. The summed E-state index contributed by atoms with van der Waals surface area (Å²) in [5, 5.41) is 3.99. The number of aliphatic imine (C=N–C) groups is 1. The zero-order valence-corrected chi connectivity index (χ0v) is 18.7. The topological polar surface area (TPSA) is 48.5 Å². The minimum atomic E-state index is 0.0207. The molecule has 3 heterocycles. The Morgan fingerprint density at radius 1 is 1.06 bits per heavy atom. The molecule has 1 saturated heterocycles. The SMILES string of the molecule is Cc1ccsc1C=C1SC(=Nc2ccccc2)N(CCc2c[nH]c3ccccc23)C1=O. The van der Waals surface area contributed by atoms with Gasteiger partial charge in [0.1, 0.15) is 0 Å². The van der Waals surface area contributed by atoms with Crippen LogP contribution in [-0.4, -0.2) is 27.5 Å². The number of fused-ring (bicyclic) bond motifs is 1. The minimum absolute atomic E-state index is 0.0207. The highest BCUT2D eigenvalue weighted by Crippen LogP contribution is 2.35. The first kappa shape index (κ1) is 19.8. The van der Waals surface area contributed by atoms with Crippen LogP contribution in [0.15, 0.2) is 82.1 Å². The number of H-pyrrole nitrogens is 1. The van der Waals surface area contributed by atoms with Crippen LogP contribution in [0.3, 0.4) is 0 Å². The summed E-state index contributed by atoms with van der Waals surface area (Å²) in [4.78, 5) is 25.1. The van der Waals surface area contributed by atoms with Gasteiger partial charge >= 0.3 is 0 Å². The summed E-state index contributed by atoms with van der Waals surface area (Å²) in [6, 6.07) is 20.1. The van der Waals surface area contributed by atoms with Gasteiger partial charge in [-0.15, -0.1) is 11.3 Å². The molecule has 31 heavy (non-hydrogen) atoms. The molecule has 0 unspecified atom stereocenters. The van der Waals surface area contributed by atoms with Crippen molar-refractivity contribution in [3.8, 4) is 0 Å². The van der Waals surface area contributed by atoms with E-state index < -0.39 is 0 Å². The van der Waals surface area contributed by atoms with Crippen molar-refractivity contribution < 1.29 is 4.79 Å². The van der Waals surface area contributed by atoms with Gasteiger partial charge in [0.15, 0.2) is 5.17 Å². The number of hydrogen-bond acceptors (Lipinski definition) is 4. The molecule has 4 nitrogen and oxygen atoms in total. The highest BCUT2D eigenvalue weighted by molar-refractivity contribution is 8.18. The number of thiophene rings is 1. The van der Waals surface area contributed by atoms with Gasteiger partial charge in [-0.25, -0.2) is 4.99 Å². The average molecular weight is 444 g/mol. The second kappa shape index (κ2) is 8.57. The number of para-hydroxylation sites is 2. The fourth-order valence-electron chi connectivity index (χ4n) is 3.62. The van der Waals surface area contributed by atoms with Gasteiger partial charge in [-0.1, -0.05) is 36.4 Å². The Kier molecular flexibility index (Phi) is 5.49. The van der Waals surface area contributed by atoms with E-state index in [0.717, 1.165) is 32.6 Å². The Balaban J connectivity index is 1.46. The van der Waals surface area contributed by atoms with Gasteiger partial charge in [-0.2, -0.15) is 0 Å². The standard InChI is InChI=1S/C25H21N3OS2/c1-17-12-14-30-22(17)15-23-24(29)28(25(31-23)27-19-7-3-2-4-8-19)13-11-18-16-26-21-10-6-5-9-20(18)21/h2-10,12,14-16,26H,11,13H2,1H3. The first-order valence-electron chi connectivity index (χ1n) is 10.1. The number of thioether (sulfide) groups is 1. The molecule has 4 aromatic rings. The van der Waals surface area contributed by atoms with Crippen LogP contribution >= 0.6 is 23.1 Å². The first-order chi connectivity index (χ1) is 15.2. The summed E-state index contributed by atoms with van der Waals surface area (Å²) < 4.78 is 0. The lowest BCUT2D eigenvalue weighted by atomic mass is 10.1. The number of aromatic amines is 1. The summed E-state index contributed by atoms with van der Waals surface area (Å²) in [5.41, 5.74) is 4.36. The number of hydrogen-bond donors (Lipinski definition) is 1. The van der Waals surface area contributed by atoms with E-state index in [4.69, 9.17) is 4.99 Å². The Hall–Kier alpha value is -3.09. The van der Waals surface area contributed by atoms with Crippen LogP contribution in [0.4, 0.5) is 5.69 Å². The quantitative estimate of drug-likeness (QED) is 0.364. The van der Waals surface area contributed by atoms with Crippen LogP contribution in [0.2, 0.25) is 0 Å². The van der Waals surface area contributed by atoms with Gasteiger partial charge in [0.25, 0.3) is 5.91 Å². The number of rotatable bonds is 5. The molecule has 0 saturated carbocycles. The zero-order chi connectivity index (χ0) is 21.2. The van der Waals surface area contributed by atoms with Crippen LogP contribution in [0.5, 0.6) is 0 Å². The number of amides is 1. The number of amidine groups is 1. The zero-order valence-electron chi connectivity index (χ0n) is 17.0. The maximum atomic E-state index is 13.3. The largest absolute Gasteiger partial charge is 0.361 e. The monoisotopic (exact) mass is 443 g/mol. The van der Waals surface area contributed by atoms with Crippen LogP contribution in [0.25, 0.3) is 17.0 Å². The van der Waals surface area contributed by atoms with Crippen molar-refractivity contribution >= 4 is 56.8 Å². The fourth-order valence-corrected chi connectivity index (χ4v) is 5.56. The normalized spacial score (nSPS) is 16.8. The van der Waals surface area contributed by atoms with Crippen molar-refractivity contribution in [3.05, 3.63) is 93.1 Å². The van der Waals surface area contributed by atoms with E-state index in [1.807, 2.05) is 59.6 Å². The van der Waals surface area contributed by atoms with Crippen LogP contribution in [-0.2, 0) is 11.2 Å². The maximum absolute atomic E-state index is 13.3. The molecular weight excluding hydrogens is 422 g/mol. The molecule has 0 spiro atoms. The van der Waals surface area contributed by atoms with Crippen LogP contribution in [0.1, 0.15) is 16.0 Å². The predicted molar refractivity (Wildman–Crippen MR) is 132 cm³/mol. The number of carbonyl (C=O) groups is 1. The molecule has 1 aliphatic heterocycles. The molecule has 2 aromatic heterocycles. The summed E-state index contributed by atoms with van der Waals surface area (Å²) >= 11 is 3.11. The van der Waals surface area contributed by atoms with Crippen molar-refractivity contribution in [3.63, 3.8) is 0 Å². The van der Waals surface area contributed by atoms with E-state index in [1.165, 1.54) is 28.3 Å². The van der Waals surface area contributed by atoms with Crippen LogP contribution < -0.4 is 0 Å². The third-order valence-corrected chi connectivity index (χ3v) is 7.29. The molecule has 6 heteroatoms. The molecule has 1 fully saturated rings. The van der Waals surface area contributed by atoms with E-state index in [0.29, 0.717) is 6.54 Å². The minimum Gasteiger partial charge on any atom is -0.361 e. The van der Waals surface area contributed by atoms with Gasteiger partial charge in [0.05, 0.1) is 10.6 Å². The van der Waals surface area contributed by atoms with Crippen LogP contribution in [0, 0.1) is 6.92 Å². The van der Waals surface area contributed by atoms with E-state index in [9.17, 15) is 4.79 Å². The summed E-state index contributed by atoms with van der Waals surface area (Å²) in [7, 11) is 0. The molecule has 1 amide bonds. The third-order valence-electron chi connectivity index (χ3n) is 5.31. The lowest BCUT2D eigenvalue weighted by Gasteiger charge is -2.15. The van der Waals surface area contributed by atoms with Gasteiger partial charge in [0.2, 0.25) is 0 Å². The predicted octanol–water partition coefficient (Wildman–Crippen LogP) is 6.38. The molecule has 154 valence electrons. The van der Waals surface area contributed by atoms with Gasteiger partial charge < -0.3 is 4.98 Å². The molecule has 1 N–H and O–H groups in total.